The summed E-state index contributed by atoms with van der Waals surface area (Å²) in [6.07, 6.45) is 2.57. The Morgan fingerprint density at radius 1 is 1.22 bits per heavy atom. The maximum Gasteiger partial charge on any atom is 0.333 e. The summed E-state index contributed by atoms with van der Waals surface area (Å²) < 4.78 is 10.7. The molecule has 0 unspecified atom stereocenters. The molecule has 0 aromatic heterocycles. The number of ether oxygens (including phenoxy) is 1. The Morgan fingerprint density at radius 2 is 1.78 bits per heavy atom. The van der Waals surface area contributed by atoms with E-state index in [-0.39, 0.29) is 11.0 Å². The van der Waals surface area contributed by atoms with E-state index in [1.54, 1.807) is 0 Å². The van der Waals surface area contributed by atoms with Gasteiger partial charge in [-0.15, -0.1) is 0 Å². The van der Waals surface area contributed by atoms with Crippen LogP contribution in [0.4, 0.5) is 0 Å². The first-order valence-corrected chi connectivity index (χ1v) is 9.42. The molecule has 0 radical (unpaired) electrons. The quantitative estimate of drug-likeness (QED) is 0.305. The fourth-order valence-corrected chi connectivity index (χ4v) is 2.32. The van der Waals surface area contributed by atoms with Gasteiger partial charge in [-0.05, 0) is 37.4 Å². The van der Waals surface area contributed by atoms with E-state index in [0.717, 1.165) is 19.4 Å². The molecule has 18 heavy (non-hydrogen) atoms. The minimum Gasteiger partial charge on any atom is -0.466 e. The van der Waals surface area contributed by atoms with Crippen molar-refractivity contribution in [1.29, 1.82) is 0 Å². The Labute approximate surface area is 113 Å². The van der Waals surface area contributed by atoms with Crippen LogP contribution < -0.4 is 0 Å². The first-order valence-electron chi connectivity index (χ1n) is 6.52. The number of unbranched alkanes of at least 4 members (excludes halogenated alkanes) is 1. The van der Waals surface area contributed by atoms with Gasteiger partial charge in [0.15, 0.2) is 8.32 Å². The van der Waals surface area contributed by atoms with Crippen LogP contribution in [0.5, 0.6) is 0 Å². The lowest BCUT2D eigenvalue weighted by molar-refractivity contribution is -0.136. The molecule has 0 N–H and O–H groups in total. The van der Waals surface area contributed by atoms with E-state index >= 15 is 0 Å². The lowest BCUT2D eigenvalue weighted by Crippen LogP contribution is -2.40. The normalized spacial score (nSPS) is 12.3. The Bertz CT molecular complexity index is 290. The van der Waals surface area contributed by atoms with Gasteiger partial charge in [0.2, 0.25) is 0 Å². The molecule has 4 heteroatoms. The third-order valence-corrected chi connectivity index (χ3v) is 8.15. The summed E-state index contributed by atoms with van der Waals surface area (Å²) in [6.45, 7) is 15.7. The zero-order valence-corrected chi connectivity index (χ0v) is 13.8. The Kier molecular flexibility index (Phi) is 6.85. The molecule has 0 amide bonds. The minimum atomic E-state index is -1.62. The Balaban J connectivity index is 3.82. The van der Waals surface area contributed by atoms with Crippen molar-refractivity contribution in [3.63, 3.8) is 0 Å². The average Bonchev–Trinajstić information content (AvgIpc) is 2.25. The molecule has 0 rings (SSSR count). The third-order valence-electron chi connectivity index (χ3n) is 3.62. The minimum absolute atomic E-state index is 0.253. The monoisotopic (exact) mass is 272 g/mol. The summed E-state index contributed by atoms with van der Waals surface area (Å²) in [7, 11) is -0.242. The van der Waals surface area contributed by atoms with Crippen LogP contribution in [0, 0.1) is 0 Å². The summed E-state index contributed by atoms with van der Waals surface area (Å²) >= 11 is 0. The smallest absolute Gasteiger partial charge is 0.333 e. The maximum absolute atomic E-state index is 11.1. The van der Waals surface area contributed by atoms with Gasteiger partial charge < -0.3 is 9.16 Å². The standard InChI is InChI=1S/C14H28O3Si/c1-12(13(15)16-5)10-8-9-11-17-18(6,7)14(2,3)4/h1,8-11H2,2-7H3. The van der Waals surface area contributed by atoms with Gasteiger partial charge in [0.25, 0.3) is 0 Å². The SMILES string of the molecule is C=C(CCCCO[Si](C)(C)C(C)(C)C)C(=O)OC. The zero-order valence-electron chi connectivity index (χ0n) is 12.8. The molecular weight excluding hydrogens is 244 g/mol. The van der Waals surface area contributed by atoms with Crippen LogP contribution in [0.15, 0.2) is 12.2 Å². The van der Waals surface area contributed by atoms with Gasteiger partial charge in [0.1, 0.15) is 0 Å². The molecule has 3 nitrogen and oxygen atoms in total. The predicted molar refractivity (Wildman–Crippen MR) is 78.2 cm³/mol. The molecule has 0 saturated heterocycles. The molecule has 0 aromatic rings. The van der Waals surface area contributed by atoms with Gasteiger partial charge in [-0.3, -0.25) is 0 Å². The van der Waals surface area contributed by atoms with Crippen molar-refractivity contribution in [2.24, 2.45) is 0 Å². The first kappa shape index (κ1) is 17.4. The van der Waals surface area contributed by atoms with Crippen LogP contribution in [0.25, 0.3) is 0 Å². The molecule has 106 valence electrons. The van der Waals surface area contributed by atoms with Crippen LogP contribution in [0.1, 0.15) is 40.0 Å². The van der Waals surface area contributed by atoms with Crippen LogP contribution in [0.2, 0.25) is 18.1 Å². The van der Waals surface area contributed by atoms with E-state index in [2.05, 4.69) is 45.2 Å². The van der Waals surface area contributed by atoms with E-state index in [1.165, 1.54) is 7.11 Å². The topological polar surface area (TPSA) is 35.5 Å². The highest BCUT2D eigenvalue weighted by Crippen LogP contribution is 2.36. The number of esters is 1. The summed E-state index contributed by atoms with van der Waals surface area (Å²) in [5.74, 6) is -0.305. The number of carbonyl (C=O) groups is 1. The van der Waals surface area contributed by atoms with Crippen molar-refractivity contribution < 1.29 is 14.0 Å². The van der Waals surface area contributed by atoms with Crippen molar-refractivity contribution in [2.75, 3.05) is 13.7 Å². The number of hydrogen-bond acceptors (Lipinski definition) is 3. The van der Waals surface area contributed by atoms with E-state index in [0.29, 0.717) is 12.0 Å². The van der Waals surface area contributed by atoms with Crippen molar-refractivity contribution in [1.82, 2.24) is 0 Å². The van der Waals surface area contributed by atoms with Gasteiger partial charge in [-0.1, -0.05) is 27.4 Å². The average molecular weight is 272 g/mol. The van der Waals surface area contributed by atoms with Crippen molar-refractivity contribution >= 4 is 14.3 Å². The summed E-state index contributed by atoms with van der Waals surface area (Å²) in [6, 6.07) is 0. The number of methoxy groups -OCH3 is 1. The molecule has 0 heterocycles. The molecule has 0 saturated carbocycles. The number of hydrogen-bond donors (Lipinski definition) is 0. The molecule has 0 aliphatic rings. The van der Waals surface area contributed by atoms with Crippen molar-refractivity contribution in [3.05, 3.63) is 12.2 Å². The highest BCUT2D eigenvalue weighted by molar-refractivity contribution is 6.74. The van der Waals surface area contributed by atoms with E-state index < -0.39 is 8.32 Å². The highest BCUT2D eigenvalue weighted by Gasteiger charge is 2.36. The van der Waals surface area contributed by atoms with Crippen LogP contribution in [-0.2, 0) is 14.0 Å². The summed E-state index contributed by atoms with van der Waals surface area (Å²) in [4.78, 5) is 11.1. The van der Waals surface area contributed by atoms with E-state index in [1.807, 2.05) is 0 Å². The van der Waals surface area contributed by atoms with Gasteiger partial charge in [-0.2, -0.15) is 0 Å². The summed E-state index contributed by atoms with van der Waals surface area (Å²) in [5.41, 5.74) is 0.546. The Morgan fingerprint density at radius 3 is 2.22 bits per heavy atom. The van der Waals surface area contributed by atoms with Gasteiger partial charge in [0, 0.05) is 12.2 Å². The van der Waals surface area contributed by atoms with Gasteiger partial charge >= 0.3 is 5.97 Å². The van der Waals surface area contributed by atoms with Crippen molar-refractivity contribution in [3.8, 4) is 0 Å². The Hall–Kier alpha value is -0.613. The molecule has 0 spiro atoms. The molecule has 0 atom stereocenters. The molecule has 0 fully saturated rings. The lowest BCUT2D eigenvalue weighted by Gasteiger charge is -2.36. The maximum atomic E-state index is 11.1. The van der Waals surface area contributed by atoms with Crippen molar-refractivity contribution in [2.45, 2.75) is 58.2 Å². The molecule has 0 aromatic carbocycles. The molecule has 0 aliphatic carbocycles. The van der Waals surface area contributed by atoms with E-state index in [4.69, 9.17) is 4.43 Å². The van der Waals surface area contributed by atoms with Crippen LogP contribution in [0.3, 0.4) is 0 Å². The zero-order chi connectivity index (χ0) is 14.4. The molecule has 0 aliphatic heterocycles. The first-order chi connectivity index (χ1) is 8.12. The van der Waals surface area contributed by atoms with Gasteiger partial charge in [-0.25, -0.2) is 4.79 Å². The third kappa shape index (κ3) is 5.82. The molecule has 0 bridgehead atoms. The fourth-order valence-electron chi connectivity index (χ4n) is 1.23. The van der Waals surface area contributed by atoms with Gasteiger partial charge in [0.05, 0.1) is 7.11 Å². The summed E-state index contributed by atoms with van der Waals surface area (Å²) in [5, 5.41) is 0.253. The van der Waals surface area contributed by atoms with Crippen LogP contribution in [-0.4, -0.2) is 28.0 Å². The predicted octanol–water partition coefficient (Wildman–Crippen LogP) is 3.91. The fraction of sp³-hybridized carbons (Fsp3) is 0.786. The molecular formula is C14H28O3Si. The lowest BCUT2D eigenvalue weighted by atomic mass is 10.1. The van der Waals surface area contributed by atoms with E-state index in [9.17, 15) is 4.79 Å². The number of rotatable bonds is 7. The van der Waals surface area contributed by atoms with Crippen LogP contribution >= 0.6 is 0 Å². The number of carbonyl (C=O) groups excluding carboxylic acids is 1. The second-order valence-electron chi connectivity index (χ2n) is 6.16. The second kappa shape index (κ2) is 7.09. The largest absolute Gasteiger partial charge is 0.466 e. The highest BCUT2D eigenvalue weighted by atomic mass is 28.4. The second-order valence-corrected chi connectivity index (χ2v) is 11.0.